The average Bonchev–Trinajstić information content (AvgIpc) is 2.36. The Morgan fingerprint density at radius 1 is 1.10 bits per heavy atom. The highest BCUT2D eigenvalue weighted by Gasteiger charge is 2.11. The van der Waals surface area contributed by atoms with E-state index in [0.717, 1.165) is 6.08 Å². The minimum absolute atomic E-state index is 0.0319. The molecule has 0 aromatic heterocycles. The second-order valence-corrected chi connectivity index (χ2v) is 4.90. The van der Waals surface area contributed by atoms with Crippen LogP contribution in [0.3, 0.4) is 0 Å². The van der Waals surface area contributed by atoms with E-state index in [2.05, 4.69) is 4.18 Å². The van der Waals surface area contributed by atoms with Crippen molar-refractivity contribution in [3.8, 4) is 5.75 Å². The summed E-state index contributed by atoms with van der Waals surface area (Å²) in [4.78, 5) is 10.5. The first-order valence-corrected chi connectivity index (χ1v) is 6.83. The van der Waals surface area contributed by atoms with Crippen molar-refractivity contribution >= 4 is 33.2 Å². The number of carbonyl (C=O) groups is 1. The molecule has 0 fully saturated rings. The Labute approximate surface area is 114 Å². The Kier molecular flexibility index (Phi) is 3.73. The van der Waals surface area contributed by atoms with E-state index in [1.54, 1.807) is 24.3 Å². The zero-order valence-corrected chi connectivity index (χ0v) is 10.9. The van der Waals surface area contributed by atoms with Crippen LogP contribution in [0.5, 0.6) is 5.75 Å². The topological polar surface area (TPSA) is 101 Å². The van der Waals surface area contributed by atoms with Crippen LogP contribution < -0.4 is 4.18 Å². The highest BCUT2D eigenvalue weighted by Crippen LogP contribution is 2.30. The molecule has 20 heavy (non-hydrogen) atoms. The third-order valence-corrected chi connectivity index (χ3v) is 2.91. The summed E-state index contributed by atoms with van der Waals surface area (Å²) in [7, 11) is -4.62. The Hall–Kier alpha value is -2.38. The number of aliphatic carboxylic acids is 1. The molecular weight excluding hydrogens is 284 g/mol. The van der Waals surface area contributed by atoms with Gasteiger partial charge in [0.1, 0.15) is 0 Å². The Morgan fingerprint density at radius 2 is 1.75 bits per heavy atom. The third-order valence-electron chi connectivity index (χ3n) is 2.52. The lowest BCUT2D eigenvalue weighted by atomic mass is 10.0. The molecule has 6 nitrogen and oxygen atoms in total. The summed E-state index contributed by atoms with van der Waals surface area (Å²) in [6.07, 6.45) is 2.37. The van der Waals surface area contributed by atoms with Gasteiger partial charge in [-0.15, -0.1) is 0 Å². The molecular formula is C13H10O6S. The fourth-order valence-electron chi connectivity index (χ4n) is 1.79. The van der Waals surface area contributed by atoms with Crippen molar-refractivity contribution in [2.24, 2.45) is 0 Å². The van der Waals surface area contributed by atoms with E-state index in [1.165, 1.54) is 18.2 Å². The molecule has 0 aliphatic heterocycles. The lowest BCUT2D eigenvalue weighted by Gasteiger charge is -2.08. The van der Waals surface area contributed by atoms with Crippen LogP contribution in [0.15, 0.2) is 42.5 Å². The molecule has 0 heterocycles. The van der Waals surface area contributed by atoms with Gasteiger partial charge in [-0.05, 0) is 23.1 Å². The predicted octanol–water partition coefficient (Wildman–Crippen LogP) is 2.12. The summed E-state index contributed by atoms with van der Waals surface area (Å²) >= 11 is 0. The standard InChI is InChI=1S/C13H10O6S/c14-13(15)8-6-9-5-7-12(19-20(16,17)18)11-4-2-1-3-10(9)11/h1-8H,(H,14,15)(H,16,17,18). The zero-order valence-electron chi connectivity index (χ0n) is 10.1. The molecule has 0 unspecified atom stereocenters. The maximum atomic E-state index is 10.8. The number of rotatable bonds is 4. The fourth-order valence-corrected chi connectivity index (χ4v) is 2.16. The van der Waals surface area contributed by atoms with Gasteiger partial charge in [0.2, 0.25) is 0 Å². The Balaban J connectivity index is 2.61. The smallest absolute Gasteiger partial charge is 0.446 e. The van der Waals surface area contributed by atoms with E-state index in [-0.39, 0.29) is 5.75 Å². The van der Waals surface area contributed by atoms with Crippen molar-refractivity contribution < 1.29 is 27.1 Å². The Morgan fingerprint density at radius 3 is 2.35 bits per heavy atom. The fraction of sp³-hybridized carbons (Fsp3) is 0. The van der Waals surface area contributed by atoms with E-state index in [9.17, 15) is 13.2 Å². The molecule has 0 bridgehead atoms. The summed E-state index contributed by atoms with van der Waals surface area (Å²) in [5, 5.41) is 9.68. The molecule has 0 saturated carbocycles. The van der Waals surface area contributed by atoms with Crippen LogP contribution in [0, 0.1) is 0 Å². The SMILES string of the molecule is O=C(O)C=Cc1ccc(OS(=O)(=O)O)c2ccccc12. The predicted molar refractivity (Wildman–Crippen MR) is 72.8 cm³/mol. The van der Waals surface area contributed by atoms with Crippen LogP contribution in [0.4, 0.5) is 0 Å². The largest absolute Gasteiger partial charge is 0.478 e. The molecule has 0 radical (unpaired) electrons. The average molecular weight is 294 g/mol. The molecule has 0 aliphatic carbocycles. The molecule has 2 aromatic rings. The zero-order chi connectivity index (χ0) is 14.8. The van der Waals surface area contributed by atoms with Gasteiger partial charge in [-0.3, -0.25) is 4.55 Å². The number of fused-ring (bicyclic) bond motifs is 1. The molecule has 7 heteroatoms. The maximum Gasteiger partial charge on any atom is 0.446 e. The number of benzene rings is 2. The van der Waals surface area contributed by atoms with Crippen LogP contribution >= 0.6 is 0 Å². The minimum Gasteiger partial charge on any atom is -0.478 e. The van der Waals surface area contributed by atoms with Crippen molar-refractivity contribution in [3.05, 3.63) is 48.0 Å². The van der Waals surface area contributed by atoms with Crippen molar-refractivity contribution in [2.45, 2.75) is 0 Å². The van der Waals surface area contributed by atoms with E-state index in [0.29, 0.717) is 16.3 Å². The first-order chi connectivity index (χ1) is 9.37. The summed E-state index contributed by atoms with van der Waals surface area (Å²) in [5.74, 6) is -1.12. The van der Waals surface area contributed by atoms with E-state index in [1.807, 2.05) is 0 Å². The quantitative estimate of drug-likeness (QED) is 0.661. The van der Waals surface area contributed by atoms with Crippen LogP contribution in [0.25, 0.3) is 16.8 Å². The molecule has 0 saturated heterocycles. The molecule has 0 amide bonds. The van der Waals surface area contributed by atoms with Gasteiger partial charge in [0.15, 0.2) is 5.75 Å². The van der Waals surface area contributed by atoms with E-state index < -0.39 is 16.4 Å². The van der Waals surface area contributed by atoms with Gasteiger partial charge in [-0.25, -0.2) is 4.79 Å². The van der Waals surface area contributed by atoms with Gasteiger partial charge in [0.25, 0.3) is 0 Å². The van der Waals surface area contributed by atoms with Gasteiger partial charge in [-0.1, -0.05) is 30.3 Å². The van der Waals surface area contributed by atoms with Crippen molar-refractivity contribution in [2.75, 3.05) is 0 Å². The number of hydrogen-bond acceptors (Lipinski definition) is 4. The van der Waals surface area contributed by atoms with E-state index >= 15 is 0 Å². The second-order valence-electron chi connectivity index (χ2n) is 3.88. The van der Waals surface area contributed by atoms with Gasteiger partial charge in [0, 0.05) is 11.5 Å². The van der Waals surface area contributed by atoms with Crippen molar-refractivity contribution in [1.82, 2.24) is 0 Å². The molecule has 0 aliphatic rings. The van der Waals surface area contributed by atoms with Crippen LogP contribution in [0.1, 0.15) is 5.56 Å². The maximum absolute atomic E-state index is 10.8. The van der Waals surface area contributed by atoms with E-state index in [4.69, 9.17) is 9.66 Å². The number of carboxylic acid groups (broad SMARTS) is 1. The van der Waals surface area contributed by atoms with Gasteiger partial charge in [0.05, 0.1) is 0 Å². The third kappa shape index (κ3) is 3.34. The summed E-state index contributed by atoms with van der Waals surface area (Å²) in [6, 6.07) is 9.53. The highest BCUT2D eigenvalue weighted by atomic mass is 32.3. The summed E-state index contributed by atoms with van der Waals surface area (Å²) in [6.45, 7) is 0. The normalized spacial score (nSPS) is 11.8. The molecule has 2 N–H and O–H groups in total. The minimum atomic E-state index is -4.62. The molecule has 104 valence electrons. The van der Waals surface area contributed by atoms with Gasteiger partial charge < -0.3 is 9.29 Å². The van der Waals surface area contributed by atoms with Gasteiger partial charge in [-0.2, -0.15) is 8.42 Å². The molecule has 0 spiro atoms. The summed E-state index contributed by atoms with van der Waals surface area (Å²) < 4.78 is 34.8. The molecule has 2 aromatic carbocycles. The van der Waals surface area contributed by atoms with Crippen LogP contribution in [0.2, 0.25) is 0 Å². The lowest BCUT2D eigenvalue weighted by Crippen LogP contribution is -2.07. The van der Waals surface area contributed by atoms with Gasteiger partial charge >= 0.3 is 16.4 Å². The number of hydrogen-bond donors (Lipinski definition) is 2. The van der Waals surface area contributed by atoms with Crippen molar-refractivity contribution in [1.29, 1.82) is 0 Å². The summed E-state index contributed by atoms with van der Waals surface area (Å²) in [5.41, 5.74) is 0.589. The number of carboxylic acids is 1. The highest BCUT2D eigenvalue weighted by molar-refractivity contribution is 7.81. The first kappa shape index (κ1) is 14.0. The van der Waals surface area contributed by atoms with Crippen LogP contribution in [-0.2, 0) is 15.2 Å². The first-order valence-electron chi connectivity index (χ1n) is 5.46. The second kappa shape index (κ2) is 5.32. The monoisotopic (exact) mass is 294 g/mol. The Bertz CT molecular complexity index is 792. The lowest BCUT2D eigenvalue weighted by molar-refractivity contribution is -0.131. The van der Waals surface area contributed by atoms with Crippen LogP contribution in [-0.4, -0.2) is 24.0 Å². The molecule has 2 rings (SSSR count). The van der Waals surface area contributed by atoms with Crippen molar-refractivity contribution in [3.63, 3.8) is 0 Å². The molecule has 0 atom stereocenters.